The molecule has 0 aliphatic heterocycles. The van der Waals surface area contributed by atoms with Gasteiger partial charge in [0.15, 0.2) is 0 Å². The summed E-state index contributed by atoms with van der Waals surface area (Å²) < 4.78 is 5.26. The Morgan fingerprint density at radius 3 is 2.16 bits per heavy atom. The van der Waals surface area contributed by atoms with Gasteiger partial charge >= 0.3 is 12.1 Å². The summed E-state index contributed by atoms with van der Waals surface area (Å²) in [5, 5.41) is 11.6. The normalized spacial score (nSPS) is 13.2. The van der Waals surface area contributed by atoms with Gasteiger partial charge < -0.3 is 25.8 Å². The molecule has 0 aromatic heterocycles. The fourth-order valence-electron chi connectivity index (χ4n) is 2.96. The Labute approximate surface area is 182 Å². The molecule has 9 nitrogen and oxygen atoms in total. The molecule has 1 aromatic rings. The molecule has 9 heteroatoms. The lowest BCUT2D eigenvalue weighted by molar-refractivity contribution is -0.144. The SMILES string of the molecule is CC(C)[C@H](NC(=O)OC(C)(C)C)C(=O)N(Cc1ccccc1)[C@H](CCC(=O)O)C(N)=O. The molecule has 0 unspecified atom stereocenters. The van der Waals surface area contributed by atoms with Crippen LogP contribution in [0.15, 0.2) is 30.3 Å². The maximum absolute atomic E-state index is 13.5. The van der Waals surface area contributed by atoms with Gasteiger partial charge in [0.25, 0.3) is 0 Å². The minimum atomic E-state index is -1.15. The van der Waals surface area contributed by atoms with Crippen molar-refractivity contribution < 1.29 is 29.0 Å². The molecule has 1 rings (SSSR count). The minimum Gasteiger partial charge on any atom is -0.481 e. The van der Waals surface area contributed by atoms with Gasteiger partial charge in [0.2, 0.25) is 11.8 Å². The fourth-order valence-corrected chi connectivity index (χ4v) is 2.96. The average molecular weight is 436 g/mol. The number of carbonyl (C=O) groups is 4. The Morgan fingerprint density at radius 2 is 1.71 bits per heavy atom. The van der Waals surface area contributed by atoms with E-state index < -0.39 is 41.6 Å². The molecule has 0 aliphatic carbocycles. The van der Waals surface area contributed by atoms with E-state index in [4.69, 9.17) is 15.6 Å². The highest BCUT2D eigenvalue weighted by molar-refractivity contribution is 5.91. The van der Waals surface area contributed by atoms with Crippen LogP contribution in [0, 0.1) is 5.92 Å². The molecule has 0 saturated carbocycles. The van der Waals surface area contributed by atoms with Crippen LogP contribution < -0.4 is 11.1 Å². The van der Waals surface area contributed by atoms with E-state index in [1.165, 1.54) is 4.90 Å². The van der Waals surface area contributed by atoms with Crippen molar-refractivity contribution >= 4 is 23.9 Å². The first-order valence-electron chi connectivity index (χ1n) is 10.2. The zero-order chi connectivity index (χ0) is 23.8. The van der Waals surface area contributed by atoms with E-state index in [0.29, 0.717) is 0 Å². The number of hydrogen-bond acceptors (Lipinski definition) is 5. The third-order valence-electron chi connectivity index (χ3n) is 4.42. The molecule has 0 spiro atoms. The topological polar surface area (TPSA) is 139 Å². The summed E-state index contributed by atoms with van der Waals surface area (Å²) in [4.78, 5) is 50.3. The Hall–Kier alpha value is -3.10. The van der Waals surface area contributed by atoms with E-state index in [2.05, 4.69) is 5.32 Å². The van der Waals surface area contributed by atoms with Crippen molar-refractivity contribution in [2.45, 2.75) is 71.7 Å². The third kappa shape index (κ3) is 9.06. The van der Waals surface area contributed by atoms with Gasteiger partial charge in [-0.15, -0.1) is 0 Å². The number of primary amides is 1. The maximum Gasteiger partial charge on any atom is 0.408 e. The number of carboxylic acid groups (broad SMARTS) is 1. The van der Waals surface area contributed by atoms with Gasteiger partial charge in [0.05, 0.1) is 0 Å². The van der Waals surface area contributed by atoms with Crippen LogP contribution in [0.5, 0.6) is 0 Å². The molecule has 172 valence electrons. The van der Waals surface area contributed by atoms with E-state index in [1.807, 2.05) is 6.07 Å². The van der Waals surface area contributed by atoms with Crippen LogP contribution in [0.2, 0.25) is 0 Å². The molecule has 4 N–H and O–H groups in total. The first-order chi connectivity index (χ1) is 14.3. The summed E-state index contributed by atoms with van der Waals surface area (Å²) in [7, 11) is 0. The van der Waals surface area contributed by atoms with Crippen LogP contribution in [-0.4, -0.2) is 51.6 Å². The Kier molecular flexibility index (Phi) is 9.48. The molecular formula is C22H33N3O6. The minimum absolute atomic E-state index is 0.0338. The van der Waals surface area contributed by atoms with Crippen molar-refractivity contribution in [1.29, 1.82) is 0 Å². The highest BCUT2D eigenvalue weighted by atomic mass is 16.6. The maximum atomic E-state index is 13.5. The standard InChI is InChI=1S/C22H33N3O6/c1-14(2)18(24-21(30)31-22(3,4)5)20(29)25(13-15-9-7-6-8-10-15)16(19(23)28)11-12-17(26)27/h6-10,14,16,18H,11-13H2,1-5H3,(H2,23,28)(H,24,30)(H,26,27)/t16-,18+/m1/s1. The second kappa shape index (κ2) is 11.3. The van der Waals surface area contributed by atoms with Gasteiger partial charge in [-0.25, -0.2) is 4.79 Å². The van der Waals surface area contributed by atoms with E-state index in [-0.39, 0.29) is 25.3 Å². The number of carbonyl (C=O) groups excluding carboxylic acids is 3. The predicted octanol–water partition coefficient (Wildman–Crippen LogP) is 2.28. The first kappa shape index (κ1) is 25.9. The van der Waals surface area contributed by atoms with Gasteiger partial charge in [-0.2, -0.15) is 0 Å². The van der Waals surface area contributed by atoms with E-state index in [9.17, 15) is 19.2 Å². The Balaban J connectivity index is 3.25. The summed E-state index contributed by atoms with van der Waals surface area (Å²) in [5.74, 6) is -2.79. The zero-order valence-corrected chi connectivity index (χ0v) is 18.8. The number of rotatable bonds is 10. The predicted molar refractivity (Wildman–Crippen MR) is 115 cm³/mol. The largest absolute Gasteiger partial charge is 0.481 e. The zero-order valence-electron chi connectivity index (χ0n) is 18.8. The van der Waals surface area contributed by atoms with Crippen molar-refractivity contribution in [3.63, 3.8) is 0 Å². The first-order valence-corrected chi connectivity index (χ1v) is 10.2. The summed E-state index contributed by atoms with van der Waals surface area (Å²) in [6.45, 7) is 8.64. The number of ether oxygens (including phenoxy) is 1. The van der Waals surface area contributed by atoms with Crippen molar-refractivity contribution in [2.24, 2.45) is 11.7 Å². The molecule has 0 heterocycles. The van der Waals surface area contributed by atoms with Gasteiger partial charge in [-0.05, 0) is 38.7 Å². The molecular weight excluding hydrogens is 402 g/mol. The number of aliphatic carboxylic acids is 1. The summed E-state index contributed by atoms with van der Waals surface area (Å²) in [5.41, 5.74) is 5.52. The van der Waals surface area contributed by atoms with Gasteiger partial charge in [0.1, 0.15) is 17.7 Å². The highest BCUT2D eigenvalue weighted by Crippen LogP contribution is 2.18. The van der Waals surface area contributed by atoms with E-state index >= 15 is 0 Å². The van der Waals surface area contributed by atoms with Crippen LogP contribution in [0.4, 0.5) is 4.79 Å². The molecule has 1 aromatic carbocycles. The van der Waals surface area contributed by atoms with E-state index in [1.54, 1.807) is 58.9 Å². The molecule has 31 heavy (non-hydrogen) atoms. The van der Waals surface area contributed by atoms with Crippen molar-refractivity contribution in [1.82, 2.24) is 10.2 Å². The second-order valence-corrected chi connectivity index (χ2v) is 8.67. The number of nitrogens with two attached hydrogens (primary N) is 1. The highest BCUT2D eigenvalue weighted by Gasteiger charge is 2.36. The molecule has 2 atom stereocenters. The lowest BCUT2D eigenvalue weighted by Crippen LogP contribution is -2.57. The molecule has 0 fully saturated rings. The van der Waals surface area contributed by atoms with Crippen molar-refractivity contribution in [2.75, 3.05) is 0 Å². The van der Waals surface area contributed by atoms with Gasteiger partial charge in [0, 0.05) is 13.0 Å². The third-order valence-corrected chi connectivity index (χ3v) is 4.42. The number of nitrogens with one attached hydrogen (secondary N) is 1. The lowest BCUT2D eigenvalue weighted by Gasteiger charge is -2.34. The smallest absolute Gasteiger partial charge is 0.408 e. The summed E-state index contributed by atoms with van der Waals surface area (Å²) >= 11 is 0. The monoisotopic (exact) mass is 435 g/mol. The summed E-state index contributed by atoms with van der Waals surface area (Å²) in [6, 6.07) is 6.80. The van der Waals surface area contributed by atoms with Crippen LogP contribution in [-0.2, 0) is 25.7 Å². The number of benzene rings is 1. The summed E-state index contributed by atoms with van der Waals surface area (Å²) in [6.07, 6.45) is -1.24. The molecule has 0 radical (unpaired) electrons. The van der Waals surface area contributed by atoms with Crippen LogP contribution in [0.3, 0.4) is 0 Å². The number of alkyl carbamates (subject to hydrolysis) is 1. The number of carboxylic acids is 1. The molecule has 3 amide bonds. The molecule has 0 saturated heterocycles. The quantitative estimate of drug-likeness (QED) is 0.515. The fraction of sp³-hybridized carbons (Fsp3) is 0.545. The van der Waals surface area contributed by atoms with Crippen LogP contribution in [0.1, 0.15) is 53.0 Å². The van der Waals surface area contributed by atoms with Crippen LogP contribution in [0.25, 0.3) is 0 Å². The van der Waals surface area contributed by atoms with Gasteiger partial charge in [-0.3, -0.25) is 14.4 Å². The number of hydrogen-bond donors (Lipinski definition) is 3. The van der Waals surface area contributed by atoms with Crippen LogP contribution >= 0.6 is 0 Å². The Bertz CT molecular complexity index is 773. The van der Waals surface area contributed by atoms with E-state index in [0.717, 1.165) is 5.56 Å². The van der Waals surface area contributed by atoms with Crippen molar-refractivity contribution in [3.05, 3.63) is 35.9 Å². The van der Waals surface area contributed by atoms with Gasteiger partial charge in [-0.1, -0.05) is 44.2 Å². The Morgan fingerprint density at radius 1 is 1.13 bits per heavy atom. The average Bonchev–Trinajstić information content (AvgIpc) is 2.63. The number of amides is 3. The number of nitrogens with zero attached hydrogens (tertiary/aromatic N) is 1. The van der Waals surface area contributed by atoms with Crippen molar-refractivity contribution in [3.8, 4) is 0 Å². The molecule has 0 bridgehead atoms. The molecule has 0 aliphatic rings. The lowest BCUT2D eigenvalue weighted by atomic mass is 9.99. The second-order valence-electron chi connectivity index (χ2n) is 8.67.